The molecule has 4 N–H and O–H groups in total. The molecule has 10 nitrogen and oxygen atoms in total. The smallest absolute Gasteiger partial charge is 0.243 e. The lowest BCUT2D eigenvalue weighted by molar-refractivity contribution is 0.432. The molecule has 1 aliphatic rings. The largest absolute Gasteiger partial charge is 0.324 e. The minimum atomic E-state index is -3.77. The van der Waals surface area contributed by atoms with Crippen LogP contribution in [0.2, 0.25) is 0 Å². The molecule has 0 spiro atoms. The Balaban J connectivity index is 1.40. The second kappa shape index (κ2) is 10.6. The van der Waals surface area contributed by atoms with E-state index in [9.17, 15) is 16.8 Å². The number of benzene rings is 2. The minimum absolute atomic E-state index is 0.0395. The van der Waals surface area contributed by atoms with Crippen LogP contribution in [-0.4, -0.2) is 57.3 Å². The van der Waals surface area contributed by atoms with Crippen molar-refractivity contribution in [2.45, 2.75) is 16.2 Å². The topological polar surface area (TPSA) is 147 Å². The van der Waals surface area contributed by atoms with Gasteiger partial charge in [-0.2, -0.15) is 4.31 Å². The summed E-state index contributed by atoms with van der Waals surface area (Å²) in [6, 6.07) is 12.8. The lowest BCUT2D eigenvalue weighted by Gasteiger charge is -2.19. The lowest BCUT2D eigenvalue weighted by atomic mass is 10.2. The summed E-state index contributed by atoms with van der Waals surface area (Å²) in [5.41, 5.74) is 2.04. The minimum Gasteiger partial charge on any atom is -0.324 e. The van der Waals surface area contributed by atoms with E-state index in [4.69, 9.17) is 5.14 Å². The lowest BCUT2D eigenvalue weighted by Crippen LogP contribution is -2.34. The molecule has 1 saturated heterocycles. The van der Waals surface area contributed by atoms with Crippen LogP contribution in [0, 0.1) is 0 Å². The number of hydrogen-bond acceptors (Lipinski definition) is 8. The number of hydrogen-bond donors (Lipinski definition) is 3. The third kappa shape index (κ3) is 6.50. The van der Waals surface area contributed by atoms with E-state index in [1.807, 2.05) is 0 Å². The Labute approximate surface area is 205 Å². The Morgan fingerprint density at radius 3 is 2.31 bits per heavy atom. The molecule has 0 radical (unpaired) electrons. The van der Waals surface area contributed by atoms with Crippen molar-refractivity contribution >= 4 is 43.8 Å². The van der Waals surface area contributed by atoms with E-state index in [-0.39, 0.29) is 9.79 Å². The Morgan fingerprint density at radius 2 is 1.60 bits per heavy atom. The van der Waals surface area contributed by atoms with Crippen LogP contribution in [0.4, 0.5) is 11.6 Å². The highest BCUT2D eigenvalue weighted by atomic mass is 32.2. The highest BCUT2D eigenvalue weighted by molar-refractivity contribution is 7.89. The normalized spacial score (nSPS) is 15.7. The van der Waals surface area contributed by atoms with Gasteiger partial charge in [0.15, 0.2) is 0 Å². The maximum Gasteiger partial charge on any atom is 0.243 e. The first-order chi connectivity index (χ1) is 16.7. The van der Waals surface area contributed by atoms with Gasteiger partial charge in [-0.3, -0.25) is 0 Å². The molecule has 3 aromatic rings. The fourth-order valence-corrected chi connectivity index (χ4v) is 5.57. The van der Waals surface area contributed by atoms with Gasteiger partial charge in [-0.05, 0) is 54.9 Å². The Hall–Kier alpha value is -3.16. The number of nitrogens with zero attached hydrogens (tertiary/aromatic N) is 3. The fraction of sp³-hybridized carbons (Fsp3) is 0.217. The molecular weight excluding hydrogens is 488 g/mol. The van der Waals surface area contributed by atoms with Crippen molar-refractivity contribution in [1.29, 1.82) is 0 Å². The average Bonchev–Trinajstić information content (AvgIpc) is 3.14. The van der Waals surface area contributed by atoms with Crippen molar-refractivity contribution in [3.8, 4) is 0 Å². The highest BCUT2D eigenvalue weighted by Crippen LogP contribution is 2.21. The molecule has 0 unspecified atom stereocenters. The van der Waals surface area contributed by atoms with Crippen LogP contribution in [0.3, 0.4) is 0 Å². The predicted octanol–water partition coefficient (Wildman–Crippen LogP) is 2.02. The van der Waals surface area contributed by atoms with Gasteiger partial charge in [0.25, 0.3) is 0 Å². The number of primary sulfonamides is 1. The molecule has 0 amide bonds. The first-order valence-corrected chi connectivity index (χ1v) is 13.9. The SMILES string of the molecule is NS(=O)(=O)c1cccc(C=Cc2cnc(Nc3ccc(S(=O)(=O)N4CCCNCC4)cc3)nc2)c1. The second-order valence-electron chi connectivity index (χ2n) is 7.95. The number of sulfonamides is 2. The summed E-state index contributed by atoms with van der Waals surface area (Å²) < 4.78 is 50.3. The molecule has 2 heterocycles. The monoisotopic (exact) mass is 514 g/mol. The van der Waals surface area contributed by atoms with Crippen molar-refractivity contribution in [3.05, 3.63) is 72.1 Å². The average molecular weight is 515 g/mol. The fourth-order valence-electron chi connectivity index (χ4n) is 3.53. The molecule has 0 bridgehead atoms. The van der Waals surface area contributed by atoms with Crippen LogP contribution in [-0.2, 0) is 20.0 Å². The Bertz CT molecular complexity index is 1400. The van der Waals surface area contributed by atoms with E-state index in [1.165, 1.54) is 16.4 Å². The van der Waals surface area contributed by atoms with E-state index < -0.39 is 20.0 Å². The van der Waals surface area contributed by atoms with E-state index in [2.05, 4.69) is 20.6 Å². The van der Waals surface area contributed by atoms with Crippen LogP contribution in [0.15, 0.2) is 70.7 Å². The first kappa shape index (κ1) is 24.9. The van der Waals surface area contributed by atoms with Gasteiger partial charge < -0.3 is 10.6 Å². The van der Waals surface area contributed by atoms with E-state index in [0.29, 0.717) is 42.4 Å². The van der Waals surface area contributed by atoms with Crippen molar-refractivity contribution < 1.29 is 16.8 Å². The first-order valence-electron chi connectivity index (χ1n) is 10.9. The van der Waals surface area contributed by atoms with Crippen LogP contribution in [0.25, 0.3) is 12.2 Å². The maximum absolute atomic E-state index is 12.9. The molecule has 4 rings (SSSR count). The molecule has 1 aliphatic heterocycles. The van der Waals surface area contributed by atoms with Crippen LogP contribution in [0.5, 0.6) is 0 Å². The third-order valence-corrected chi connectivity index (χ3v) is 8.20. The molecule has 35 heavy (non-hydrogen) atoms. The van der Waals surface area contributed by atoms with Gasteiger partial charge in [-0.25, -0.2) is 31.9 Å². The van der Waals surface area contributed by atoms with Gasteiger partial charge in [-0.15, -0.1) is 0 Å². The molecule has 1 aromatic heterocycles. The predicted molar refractivity (Wildman–Crippen MR) is 135 cm³/mol. The summed E-state index contributed by atoms with van der Waals surface area (Å²) >= 11 is 0. The van der Waals surface area contributed by atoms with Gasteiger partial charge in [0.05, 0.1) is 9.79 Å². The summed E-state index contributed by atoms with van der Waals surface area (Å²) in [5.74, 6) is 0.354. The Morgan fingerprint density at radius 1 is 0.886 bits per heavy atom. The van der Waals surface area contributed by atoms with Gasteiger partial charge in [0.2, 0.25) is 26.0 Å². The quantitative estimate of drug-likeness (QED) is 0.434. The molecule has 0 atom stereocenters. The van der Waals surface area contributed by atoms with Crippen LogP contribution < -0.4 is 15.8 Å². The standard InChI is InChI=1S/C23H26N6O4S2/c24-34(30,31)22-4-1-3-18(15-22)5-6-19-16-26-23(27-17-19)28-20-7-9-21(10-8-20)35(32,33)29-13-2-11-25-12-14-29/h1,3-10,15-17,25H,2,11-14H2,(H2,24,30,31)(H,26,27,28). The van der Waals surface area contributed by atoms with Crippen LogP contribution in [0.1, 0.15) is 17.5 Å². The number of rotatable bonds is 7. The number of anilines is 2. The number of nitrogens with two attached hydrogens (primary N) is 1. The molecule has 0 saturated carbocycles. The summed E-state index contributed by atoms with van der Waals surface area (Å²) in [6.07, 6.45) is 7.50. The van der Waals surface area contributed by atoms with E-state index in [1.54, 1.807) is 60.9 Å². The third-order valence-electron chi connectivity index (χ3n) is 5.37. The highest BCUT2D eigenvalue weighted by Gasteiger charge is 2.24. The Kier molecular flexibility index (Phi) is 7.57. The van der Waals surface area contributed by atoms with Gasteiger partial charge in [0.1, 0.15) is 0 Å². The molecule has 12 heteroatoms. The summed E-state index contributed by atoms with van der Waals surface area (Å²) in [5, 5.41) is 11.4. The van der Waals surface area contributed by atoms with E-state index >= 15 is 0 Å². The zero-order valence-electron chi connectivity index (χ0n) is 18.8. The van der Waals surface area contributed by atoms with Crippen molar-refractivity contribution in [3.63, 3.8) is 0 Å². The number of aromatic nitrogens is 2. The number of nitrogens with one attached hydrogen (secondary N) is 2. The molecule has 184 valence electrons. The second-order valence-corrected chi connectivity index (χ2v) is 11.4. The maximum atomic E-state index is 12.9. The molecule has 1 fully saturated rings. The molecule has 2 aromatic carbocycles. The molecular formula is C23H26N6O4S2. The summed E-state index contributed by atoms with van der Waals surface area (Å²) in [6.45, 7) is 2.41. The van der Waals surface area contributed by atoms with Crippen LogP contribution >= 0.6 is 0 Å². The molecule has 0 aliphatic carbocycles. The summed E-state index contributed by atoms with van der Waals surface area (Å²) in [7, 11) is -7.30. The van der Waals surface area contributed by atoms with Crippen molar-refractivity contribution in [1.82, 2.24) is 19.6 Å². The van der Waals surface area contributed by atoms with Crippen molar-refractivity contribution in [2.24, 2.45) is 5.14 Å². The van der Waals surface area contributed by atoms with Crippen molar-refractivity contribution in [2.75, 3.05) is 31.5 Å². The zero-order chi connectivity index (χ0) is 24.9. The van der Waals surface area contributed by atoms with Gasteiger partial charge in [0, 0.05) is 43.3 Å². The van der Waals surface area contributed by atoms with E-state index in [0.717, 1.165) is 13.0 Å². The van der Waals surface area contributed by atoms with Gasteiger partial charge in [-0.1, -0.05) is 24.3 Å². The van der Waals surface area contributed by atoms with Gasteiger partial charge >= 0.3 is 0 Å². The zero-order valence-corrected chi connectivity index (χ0v) is 20.5. The summed E-state index contributed by atoms with van der Waals surface area (Å²) in [4.78, 5) is 8.84.